The van der Waals surface area contributed by atoms with Gasteiger partial charge in [-0.3, -0.25) is 4.79 Å². The minimum absolute atomic E-state index is 0.0832. The van der Waals surface area contributed by atoms with Crippen molar-refractivity contribution in [2.45, 2.75) is 30.5 Å². The molecule has 0 radical (unpaired) electrons. The highest BCUT2D eigenvalue weighted by atomic mass is 32.2. The summed E-state index contributed by atoms with van der Waals surface area (Å²) in [6, 6.07) is 11.0. The number of esters is 1. The Morgan fingerprint density at radius 2 is 1.84 bits per heavy atom. The number of methoxy groups -OCH3 is 2. The molecule has 0 aliphatic rings. The molecule has 3 aromatic rings. The zero-order valence-corrected chi connectivity index (χ0v) is 19.8. The van der Waals surface area contributed by atoms with Gasteiger partial charge in [0.1, 0.15) is 0 Å². The van der Waals surface area contributed by atoms with Crippen molar-refractivity contribution in [2.24, 2.45) is 4.99 Å². The number of fused-ring (bicyclic) bond motifs is 1. The highest BCUT2D eigenvalue weighted by molar-refractivity contribution is 7.92. The largest absolute Gasteiger partial charge is 0.465 e. The molecular weight excluding hydrogens is 452 g/mol. The van der Waals surface area contributed by atoms with E-state index in [0.29, 0.717) is 23.5 Å². The predicted octanol–water partition coefficient (Wildman–Crippen LogP) is 3.06. The van der Waals surface area contributed by atoms with Crippen molar-refractivity contribution in [3.05, 3.63) is 58.4 Å². The van der Waals surface area contributed by atoms with E-state index in [1.54, 1.807) is 39.2 Å². The first kappa shape index (κ1) is 23.8. The molecule has 0 bridgehead atoms. The van der Waals surface area contributed by atoms with E-state index in [4.69, 9.17) is 9.47 Å². The van der Waals surface area contributed by atoms with E-state index >= 15 is 0 Å². The fourth-order valence-electron chi connectivity index (χ4n) is 3.03. The summed E-state index contributed by atoms with van der Waals surface area (Å²) in [4.78, 5) is 29.5. The number of nitrogens with zero attached hydrogens (tertiary/aromatic N) is 2. The summed E-state index contributed by atoms with van der Waals surface area (Å²) in [6.45, 7) is 4.02. The average molecular weight is 477 g/mol. The van der Waals surface area contributed by atoms with Crippen LogP contribution in [0.5, 0.6) is 0 Å². The third-order valence-electron chi connectivity index (χ3n) is 4.85. The molecular formula is C22H24N2O6S2. The van der Waals surface area contributed by atoms with Crippen molar-refractivity contribution in [1.29, 1.82) is 0 Å². The molecule has 0 N–H and O–H groups in total. The second-order valence-electron chi connectivity index (χ2n) is 7.24. The zero-order valence-electron chi connectivity index (χ0n) is 18.2. The van der Waals surface area contributed by atoms with Gasteiger partial charge in [-0.15, -0.1) is 0 Å². The van der Waals surface area contributed by atoms with Crippen LogP contribution in [0.1, 0.15) is 34.6 Å². The third kappa shape index (κ3) is 4.82. The SMILES string of the molecule is COCCn1c(=NC(=O)c2cccc(S(=O)(=O)C(C)C)c2)sc2cc(C(=O)OC)ccc21. The van der Waals surface area contributed by atoms with Gasteiger partial charge in [0.2, 0.25) is 0 Å². The van der Waals surface area contributed by atoms with Gasteiger partial charge in [0.15, 0.2) is 14.6 Å². The van der Waals surface area contributed by atoms with E-state index in [0.717, 1.165) is 10.2 Å². The number of amides is 1. The Morgan fingerprint density at radius 1 is 1.09 bits per heavy atom. The highest BCUT2D eigenvalue weighted by Gasteiger charge is 2.20. The molecule has 1 amide bonds. The van der Waals surface area contributed by atoms with Crippen LogP contribution < -0.4 is 4.80 Å². The first-order valence-corrected chi connectivity index (χ1v) is 12.2. The molecule has 1 aromatic heterocycles. The van der Waals surface area contributed by atoms with Crippen LogP contribution in [0, 0.1) is 0 Å². The molecule has 0 atom stereocenters. The van der Waals surface area contributed by atoms with Gasteiger partial charge >= 0.3 is 5.97 Å². The van der Waals surface area contributed by atoms with E-state index in [9.17, 15) is 18.0 Å². The van der Waals surface area contributed by atoms with Crippen LogP contribution in [-0.4, -0.2) is 50.9 Å². The Bertz CT molecular complexity index is 1340. The summed E-state index contributed by atoms with van der Waals surface area (Å²) in [6.07, 6.45) is 0. The second-order valence-corrected chi connectivity index (χ2v) is 10.8. The number of ether oxygens (including phenoxy) is 2. The molecule has 3 rings (SSSR count). The number of hydrogen-bond acceptors (Lipinski definition) is 7. The Balaban J connectivity index is 2.10. The fraction of sp³-hybridized carbons (Fsp3) is 0.318. The molecule has 32 heavy (non-hydrogen) atoms. The molecule has 0 aliphatic carbocycles. The predicted molar refractivity (Wildman–Crippen MR) is 122 cm³/mol. The van der Waals surface area contributed by atoms with Gasteiger partial charge in [-0.2, -0.15) is 4.99 Å². The Kier molecular flexibility index (Phi) is 7.27. The quantitative estimate of drug-likeness (QED) is 0.486. The van der Waals surface area contributed by atoms with Gasteiger partial charge in [-0.1, -0.05) is 17.4 Å². The van der Waals surface area contributed by atoms with E-state index in [1.165, 1.54) is 42.7 Å². The number of carbonyl (C=O) groups excluding carboxylic acids is 2. The number of sulfone groups is 1. The van der Waals surface area contributed by atoms with Crippen molar-refractivity contribution in [2.75, 3.05) is 20.8 Å². The zero-order chi connectivity index (χ0) is 23.5. The Labute approximate surface area is 190 Å². The summed E-state index contributed by atoms with van der Waals surface area (Å²) >= 11 is 1.25. The number of rotatable bonds is 7. The number of benzene rings is 2. The van der Waals surface area contributed by atoms with Crippen LogP contribution in [0.4, 0.5) is 0 Å². The van der Waals surface area contributed by atoms with Crippen molar-refractivity contribution >= 4 is 43.3 Å². The number of hydrogen-bond donors (Lipinski definition) is 0. The molecule has 170 valence electrons. The summed E-state index contributed by atoms with van der Waals surface area (Å²) < 4.78 is 37.5. The summed E-state index contributed by atoms with van der Waals surface area (Å²) in [5.74, 6) is -1.02. The van der Waals surface area contributed by atoms with Crippen molar-refractivity contribution in [3.63, 3.8) is 0 Å². The maximum absolute atomic E-state index is 12.9. The molecule has 0 spiro atoms. The molecule has 1 heterocycles. The normalized spacial score (nSPS) is 12.5. The minimum Gasteiger partial charge on any atom is -0.465 e. The first-order valence-electron chi connectivity index (χ1n) is 9.82. The van der Waals surface area contributed by atoms with E-state index in [-0.39, 0.29) is 10.5 Å². The van der Waals surface area contributed by atoms with Gasteiger partial charge in [0.05, 0.1) is 39.6 Å². The van der Waals surface area contributed by atoms with Crippen LogP contribution in [0.15, 0.2) is 52.4 Å². The summed E-state index contributed by atoms with van der Waals surface area (Å²) in [5.41, 5.74) is 1.37. The van der Waals surface area contributed by atoms with Crippen LogP contribution in [0.2, 0.25) is 0 Å². The smallest absolute Gasteiger partial charge is 0.337 e. The monoisotopic (exact) mass is 476 g/mol. The lowest BCUT2D eigenvalue weighted by Gasteiger charge is -2.08. The maximum atomic E-state index is 12.9. The summed E-state index contributed by atoms with van der Waals surface area (Å²) in [5, 5.41) is -0.604. The van der Waals surface area contributed by atoms with Gasteiger partial charge in [-0.25, -0.2) is 13.2 Å². The average Bonchev–Trinajstić information content (AvgIpc) is 3.12. The van der Waals surface area contributed by atoms with Crippen LogP contribution in [0.25, 0.3) is 10.2 Å². The van der Waals surface area contributed by atoms with Crippen LogP contribution in [0.3, 0.4) is 0 Å². The molecule has 0 aliphatic heterocycles. The summed E-state index contributed by atoms with van der Waals surface area (Å²) in [7, 11) is -0.630. The molecule has 2 aromatic carbocycles. The van der Waals surface area contributed by atoms with Gasteiger partial charge < -0.3 is 14.0 Å². The lowest BCUT2D eigenvalue weighted by Crippen LogP contribution is -2.19. The third-order valence-corrected chi connectivity index (χ3v) is 8.04. The first-order chi connectivity index (χ1) is 15.2. The van der Waals surface area contributed by atoms with Crippen molar-refractivity contribution in [3.8, 4) is 0 Å². The van der Waals surface area contributed by atoms with E-state index < -0.39 is 27.0 Å². The molecule has 0 fully saturated rings. The van der Waals surface area contributed by atoms with Crippen molar-refractivity contribution in [1.82, 2.24) is 4.57 Å². The lowest BCUT2D eigenvalue weighted by molar-refractivity contribution is 0.0600. The molecule has 0 unspecified atom stereocenters. The van der Waals surface area contributed by atoms with Crippen molar-refractivity contribution < 1.29 is 27.5 Å². The van der Waals surface area contributed by atoms with Gasteiger partial charge in [0.25, 0.3) is 5.91 Å². The van der Waals surface area contributed by atoms with Crippen LogP contribution in [-0.2, 0) is 25.9 Å². The standard InChI is InChI=1S/C22H24N2O6S2/c1-14(2)32(27,28)17-7-5-6-15(12-17)20(25)23-22-24(10-11-29-3)18-9-8-16(21(26)30-4)13-19(18)31-22/h5-9,12-14H,10-11H2,1-4H3. The Morgan fingerprint density at radius 3 is 2.50 bits per heavy atom. The molecule has 0 saturated heterocycles. The second kappa shape index (κ2) is 9.76. The molecule has 10 heteroatoms. The topological polar surface area (TPSA) is 104 Å². The van der Waals surface area contributed by atoms with Gasteiger partial charge in [0, 0.05) is 19.2 Å². The van der Waals surface area contributed by atoms with Gasteiger partial charge in [-0.05, 0) is 50.2 Å². The fourth-order valence-corrected chi connectivity index (χ4v) is 5.23. The molecule has 0 saturated carbocycles. The van der Waals surface area contributed by atoms with E-state index in [1.807, 2.05) is 4.57 Å². The Hall–Kier alpha value is -2.82. The van der Waals surface area contributed by atoms with Crippen LogP contribution >= 0.6 is 11.3 Å². The maximum Gasteiger partial charge on any atom is 0.337 e. The number of thiazole rings is 1. The minimum atomic E-state index is -3.52. The molecule has 8 nitrogen and oxygen atoms in total. The van der Waals surface area contributed by atoms with E-state index in [2.05, 4.69) is 4.99 Å². The lowest BCUT2D eigenvalue weighted by atomic mass is 10.2. The number of aromatic nitrogens is 1. The number of carbonyl (C=O) groups is 2. The highest BCUT2D eigenvalue weighted by Crippen LogP contribution is 2.21.